The van der Waals surface area contributed by atoms with E-state index in [-0.39, 0.29) is 5.70 Å². The summed E-state index contributed by atoms with van der Waals surface area (Å²) in [6, 6.07) is 0. The Hall–Kier alpha value is -1.38. The van der Waals surface area contributed by atoms with Gasteiger partial charge in [0.15, 0.2) is 0 Å². The molecule has 0 atom stereocenters. The van der Waals surface area contributed by atoms with Gasteiger partial charge in [0.1, 0.15) is 5.70 Å². The lowest BCUT2D eigenvalue weighted by Crippen LogP contribution is -2.01. The zero-order valence-corrected chi connectivity index (χ0v) is 7.83. The lowest BCUT2D eigenvalue weighted by atomic mass is 10.4. The molecule has 3 heteroatoms. The number of esters is 1. The molecule has 68 valence electrons. The summed E-state index contributed by atoms with van der Waals surface area (Å²) >= 11 is 0. The van der Waals surface area contributed by atoms with Crippen LogP contribution in [0.5, 0.6) is 0 Å². The molecule has 0 aliphatic heterocycles. The summed E-state index contributed by atoms with van der Waals surface area (Å²) in [7, 11) is 1.28. The van der Waals surface area contributed by atoms with Gasteiger partial charge in [0, 0.05) is 0 Å². The van der Waals surface area contributed by atoms with E-state index in [1.54, 1.807) is 0 Å². The summed E-state index contributed by atoms with van der Waals surface area (Å²) in [5.41, 5.74) is 0.164. The number of allylic oxidation sites excluding steroid dienone is 2. The number of carbonyl (C=O) groups excluding carboxylic acids is 1. The molecule has 0 saturated carbocycles. The van der Waals surface area contributed by atoms with Gasteiger partial charge in [-0.2, -0.15) is 0 Å². The maximum atomic E-state index is 10.7. The van der Waals surface area contributed by atoms with Crippen LogP contribution in [0.3, 0.4) is 0 Å². The zero-order chi connectivity index (χ0) is 9.98. The molecule has 0 saturated heterocycles. The van der Waals surface area contributed by atoms with Crippen molar-refractivity contribution < 1.29 is 9.53 Å². The van der Waals surface area contributed by atoms with Crippen LogP contribution >= 0.6 is 0 Å². The van der Waals surface area contributed by atoms with Gasteiger partial charge < -0.3 is 4.74 Å². The molecule has 0 N–H and O–H groups in total. The highest BCUT2D eigenvalue weighted by Crippen LogP contribution is 1.97. The highest BCUT2D eigenvalue weighted by Gasteiger charge is 2.03. The molecule has 0 aliphatic carbocycles. The predicted molar refractivity (Wildman–Crippen MR) is 51.2 cm³/mol. The lowest BCUT2D eigenvalue weighted by molar-refractivity contribution is -0.136. The van der Waals surface area contributed by atoms with Gasteiger partial charge in [0.2, 0.25) is 0 Å². The van der Waals surface area contributed by atoms with E-state index in [4.69, 9.17) is 0 Å². The molecule has 0 bridgehead atoms. The fraction of sp³-hybridized carbons (Fsp3) is 0.333. The molecule has 0 aromatic heterocycles. The minimum Gasteiger partial charge on any atom is -0.464 e. The molecule has 0 amide bonds. The number of hydrogen-bond donors (Lipinski definition) is 0. The van der Waals surface area contributed by atoms with Crippen LogP contribution in [0.25, 0.3) is 0 Å². The summed E-state index contributed by atoms with van der Waals surface area (Å²) in [6.07, 6.45) is 2.87. The van der Waals surface area contributed by atoms with Gasteiger partial charge in [-0.1, -0.05) is 26.5 Å². The van der Waals surface area contributed by atoms with Gasteiger partial charge in [-0.25, -0.2) is 4.79 Å². The molecule has 0 heterocycles. The van der Waals surface area contributed by atoms with E-state index >= 15 is 0 Å². The molecule has 0 fully saturated rings. The van der Waals surface area contributed by atoms with Crippen molar-refractivity contribution in [2.75, 3.05) is 7.11 Å². The largest absolute Gasteiger partial charge is 0.464 e. The first-order valence-corrected chi connectivity index (χ1v) is 3.64. The molecule has 0 aliphatic rings. The number of carbonyl (C=O) groups is 1. The Morgan fingerprint density at radius 3 is 2.25 bits per heavy atom. The first-order valence-electron chi connectivity index (χ1n) is 3.64. The third kappa shape index (κ3) is 5.41. The second-order valence-electron chi connectivity index (χ2n) is 1.44. The Morgan fingerprint density at radius 1 is 1.50 bits per heavy atom. The number of rotatable bonds is 3. The van der Waals surface area contributed by atoms with Crippen LogP contribution in [-0.4, -0.2) is 19.8 Å². The van der Waals surface area contributed by atoms with Crippen molar-refractivity contribution in [3.8, 4) is 0 Å². The average Bonchev–Trinajstić information content (AvgIpc) is 2.16. The van der Waals surface area contributed by atoms with Crippen LogP contribution < -0.4 is 0 Å². The lowest BCUT2D eigenvalue weighted by Gasteiger charge is -1.94. The molecular formula is C9H15NO2. The van der Waals surface area contributed by atoms with E-state index in [9.17, 15) is 4.79 Å². The van der Waals surface area contributed by atoms with Crippen molar-refractivity contribution in [3.05, 3.63) is 24.4 Å². The Morgan fingerprint density at radius 2 is 2.00 bits per heavy atom. The van der Waals surface area contributed by atoms with Crippen LogP contribution in [0.4, 0.5) is 0 Å². The van der Waals surface area contributed by atoms with E-state index in [1.807, 2.05) is 13.8 Å². The second kappa shape index (κ2) is 9.62. The van der Waals surface area contributed by atoms with E-state index < -0.39 is 5.97 Å². The van der Waals surface area contributed by atoms with Crippen molar-refractivity contribution in [2.24, 2.45) is 4.99 Å². The SMILES string of the molecule is C=C/C=C(\N=C)C(=O)OC.CC. The Kier molecular flexibility index (Phi) is 10.6. The summed E-state index contributed by atoms with van der Waals surface area (Å²) in [5, 5.41) is 0. The van der Waals surface area contributed by atoms with E-state index in [2.05, 4.69) is 23.0 Å². The number of hydrogen-bond acceptors (Lipinski definition) is 3. The van der Waals surface area contributed by atoms with Gasteiger partial charge in [-0.15, -0.1) is 0 Å². The highest BCUT2D eigenvalue weighted by molar-refractivity contribution is 5.89. The van der Waals surface area contributed by atoms with Crippen LogP contribution in [-0.2, 0) is 9.53 Å². The highest BCUT2D eigenvalue weighted by atomic mass is 16.5. The van der Waals surface area contributed by atoms with Crippen LogP contribution in [0, 0.1) is 0 Å². The summed E-state index contributed by atoms with van der Waals surface area (Å²) in [4.78, 5) is 14.1. The van der Waals surface area contributed by atoms with Gasteiger partial charge in [-0.3, -0.25) is 4.99 Å². The Bertz CT molecular complexity index is 183. The standard InChI is InChI=1S/C7H9NO2.C2H6/c1-4-5-6(8-2)7(9)10-3;1-2/h4-5H,1-2H2,3H3;1-2H3/b6-5-;. The molecule has 3 nitrogen and oxygen atoms in total. The van der Waals surface area contributed by atoms with E-state index in [1.165, 1.54) is 19.3 Å². The minimum absolute atomic E-state index is 0.164. The van der Waals surface area contributed by atoms with Crippen LogP contribution in [0.2, 0.25) is 0 Å². The Labute approximate surface area is 73.5 Å². The topological polar surface area (TPSA) is 38.7 Å². The Balaban J connectivity index is 0. The van der Waals surface area contributed by atoms with E-state index in [0.717, 1.165) is 0 Å². The van der Waals surface area contributed by atoms with Crippen molar-refractivity contribution >= 4 is 12.7 Å². The summed E-state index contributed by atoms with van der Waals surface area (Å²) < 4.78 is 4.37. The molecule has 0 unspecified atom stereocenters. The van der Waals surface area contributed by atoms with Crippen LogP contribution in [0.15, 0.2) is 29.4 Å². The molecule has 12 heavy (non-hydrogen) atoms. The smallest absolute Gasteiger partial charge is 0.356 e. The summed E-state index contributed by atoms with van der Waals surface area (Å²) in [5.74, 6) is -0.505. The third-order valence-electron chi connectivity index (χ3n) is 0.841. The average molecular weight is 169 g/mol. The van der Waals surface area contributed by atoms with Crippen molar-refractivity contribution in [1.29, 1.82) is 0 Å². The quantitative estimate of drug-likeness (QED) is 0.280. The van der Waals surface area contributed by atoms with Gasteiger partial charge in [0.05, 0.1) is 7.11 Å². The summed E-state index contributed by atoms with van der Waals surface area (Å²) in [6.45, 7) is 10.6. The van der Waals surface area contributed by atoms with Crippen molar-refractivity contribution in [1.82, 2.24) is 0 Å². The number of aliphatic imine (C=N–C) groups is 1. The molecule has 0 aromatic rings. The number of ether oxygens (including phenoxy) is 1. The molecular weight excluding hydrogens is 154 g/mol. The first kappa shape index (κ1) is 13.2. The van der Waals surface area contributed by atoms with Crippen LogP contribution in [0.1, 0.15) is 13.8 Å². The molecule has 0 spiro atoms. The van der Waals surface area contributed by atoms with Gasteiger partial charge in [0.25, 0.3) is 0 Å². The molecule has 0 rings (SSSR count). The van der Waals surface area contributed by atoms with Crippen molar-refractivity contribution in [3.63, 3.8) is 0 Å². The maximum absolute atomic E-state index is 10.7. The first-order chi connectivity index (χ1) is 5.76. The fourth-order valence-electron chi connectivity index (χ4n) is 0.401. The number of nitrogens with zero attached hydrogens (tertiary/aromatic N) is 1. The second-order valence-corrected chi connectivity index (χ2v) is 1.44. The van der Waals surface area contributed by atoms with Gasteiger partial charge >= 0.3 is 5.97 Å². The maximum Gasteiger partial charge on any atom is 0.356 e. The zero-order valence-electron chi connectivity index (χ0n) is 7.83. The van der Waals surface area contributed by atoms with Crippen molar-refractivity contribution in [2.45, 2.75) is 13.8 Å². The normalized spacial score (nSPS) is 9.08. The number of methoxy groups -OCH3 is 1. The molecule has 0 radical (unpaired) electrons. The molecule has 0 aromatic carbocycles. The predicted octanol–water partition coefficient (Wildman–Crippen LogP) is 1.96. The fourth-order valence-corrected chi connectivity index (χ4v) is 0.401. The monoisotopic (exact) mass is 169 g/mol. The minimum atomic E-state index is -0.505. The van der Waals surface area contributed by atoms with E-state index in [0.29, 0.717) is 0 Å². The third-order valence-corrected chi connectivity index (χ3v) is 0.841. The van der Waals surface area contributed by atoms with Gasteiger partial charge in [-0.05, 0) is 12.8 Å².